The van der Waals surface area contributed by atoms with Crippen LogP contribution in [0.15, 0.2) is 12.2 Å². The van der Waals surface area contributed by atoms with E-state index in [4.69, 9.17) is 5.11 Å². The summed E-state index contributed by atoms with van der Waals surface area (Å²) in [6, 6.07) is 0. The van der Waals surface area contributed by atoms with Crippen LogP contribution in [0.4, 0.5) is 0 Å². The highest BCUT2D eigenvalue weighted by molar-refractivity contribution is 5.84. The van der Waals surface area contributed by atoms with Gasteiger partial charge in [-0.3, -0.25) is 0 Å². The zero-order valence-electron chi connectivity index (χ0n) is 8.31. The fourth-order valence-corrected chi connectivity index (χ4v) is 0.979. The zero-order valence-corrected chi connectivity index (χ0v) is 8.31. The van der Waals surface area contributed by atoms with Crippen LogP contribution in [0.2, 0.25) is 0 Å². The van der Waals surface area contributed by atoms with E-state index in [1.165, 1.54) is 45.7 Å². The van der Waals surface area contributed by atoms with E-state index in [-0.39, 0.29) is 5.57 Å². The first-order valence-corrected chi connectivity index (χ1v) is 4.74. The van der Waals surface area contributed by atoms with Crippen molar-refractivity contribution in [1.29, 1.82) is 0 Å². The molecule has 0 spiro atoms. The van der Waals surface area contributed by atoms with Gasteiger partial charge >= 0.3 is 5.97 Å². The van der Waals surface area contributed by atoms with Gasteiger partial charge in [-0.05, 0) is 32.9 Å². The van der Waals surface area contributed by atoms with Crippen molar-refractivity contribution in [2.45, 2.75) is 32.6 Å². The molecule has 0 amide bonds. The number of carbonyl (C=O) groups is 1. The van der Waals surface area contributed by atoms with Gasteiger partial charge in [-0.15, -0.1) is 0 Å². The van der Waals surface area contributed by atoms with E-state index >= 15 is 0 Å². The number of rotatable bonds is 1. The van der Waals surface area contributed by atoms with Crippen LogP contribution in [-0.2, 0) is 4.79 Å². The minimum atomic E-state index is -0.935. The topological polar surface area (TPSA) is 49.3 Å². The number of hydrogen-bond donors (Lipinski definition) is 2. The Morgan fingerprint density at radius 2 is 1.62 bits per heavy atom. The van der Waals surface area contributed by atoms with Gasteiger partial charge in [-0.1, -0.05) is 19.4 Å². The van der Waals surface area contributed by atoms with Crippen molar-refractivity contribution in [3.63, 3.8) is 0 Å². The average molecular weight is 185 g/mol. The Bertz CT molecular complexity index is 135. The Hall–Kier alpha value is -0.830. The van der Waals surface area contributed by atoms with E-state index in [2.05, 4.69) is 11.9 Å². The Morgan fingerprint density at radius 1 is 1.23 bits per heavy atom. The molecule has 1 rings (SSSR count). The summed E-state index contributed by atoms with van der Waals surface area (Å²) in [6.45, 7) is 7.10. The van der Waals surface area contributed by atoms with Gasteiger partial charge in [0, 0.05) is 5.57 Å². The van der Waals surface area contributed by atoms with Crippen LogP contribution in [0.25, 0.3) is 0 Å². The molecule has 1 heterocycles. The van der Waals surface area contributed by atoms with Crippen molar-refractivity contribution in [2.75, 3.05) is 13.1 Å². The van der Waals surface area contributed by atoms with Gasteiger partial charge in [0.15, 0.2) is 0 Å². The van der Waals surface area contributed by atoms with Gasteiger partial charge < -0.3 is 10.4 Å². The second-order valence-corrected chi connectivity index (χ2v) is 3.25. The smallest absolute Gasteiger partial charge is 0.330 e. The van der Waals surface area contributed by atoms with E-state index in [9.17, 15) is 4.79 Å². The maximum Gasteiger partial charge on any atom is 0.330 e. The standard InChI is InChI=1S/C6H13N.C4H6O2/c1-2-4-6-7-5-3-1;1-3(2)4(5)6/h7H,1-6H2;1H2,2H3,(H,5,6). The van der Waals surface area contributed by atoms with E-state index in [0.717, 1.165) is 0 Å². The average Bonchev–Trinajstić information content (AvgIpc) is 2.35. The summed E-state index contributed by atoms with van der Waals surface area (Å²) in [5, 5.41) is 11.2. The lowest BCUT2D eigenvalue weighted by molar-refractivity contribution is -0.132. The third-order valence-corrected chi connectivity index (χ3v) is 1.82. The van der Waals surface area contributed by atoms with Crippen LogP contribution < -0.4 is 5.32 Å². The second kappa shape index (κ2) is 7.80. The van der Waals surface area contributed by atoms with Crippen LogP contribution in [0.1, 0.15) is 32.6 Å². The largest absolute Gasteiger partial charge is 0.478 e. The first-order chi connectivity index (χ1) is 6.14. The molecular formula is C10H19NO2. The third-order valence-electron chi connectivity index (χ3n) is 1.82. The maximum absolute atomic E-state index is 9.60. The predicted octanol–water partition coefficient (Wildman–Crippen LogP) is 1.80. The molecule has 0 aromatic carbocycles. The molecule has 0 aliphatic carbocycles. The van der Waals surface area contributed by atoms with E-state index < -0.39 is 5.97 Å². The molecule has 3 nitrogen and oxygen atoms in total. The normalized spacial score (nSPS) is 16.4. The summed E-state index contributed by atoms with van der Waals surface area (Å²) < 4.78 is 0. The Kier molecular flexibility index (Phi) is 7.30. The number of carboxylic acid groups (broad SMARTS) is 1. The van der Waals surface area contributed by atoms with E-state index in [1.807, 2.05) is 0 Å². The van der Waals surface area contributed by atoms with Gasteiger partial charge in [0.25, 0.3) is 0 Å². The van der Waals surface area contributed by atoms with Crippen LogP contribution in [0, 0.1) is 0 Å². The molecule has 76 valence electrons. The fraction of sp³-hybridized carbons (Fsp3) is 0.700. The first-order valence-electron chi connectivity index (χ1n) is 4.74. The highest BCUT2D eigenvalue weighted by atomic mass is 16.4. The molecule has 3 heteroatoms. The molecule has 1 fully saturated rings. The molecule has 0 bridgehead atoms. The maximum atomic E-state index is 9.60. The second-order valence-electron chi connectivity index (χ2n) is 3.25. The van der Waals surface area contributed by atoms with Gasteiger partial charge in [-0.25, -0.2) is 4.79 Å². The molecule has 2 N–H and O–H groups in total. The van der Waals surface area contributed by atoms with E-state index in [1.54, 1.807) is 0 Å². The van der Waals surface area contributed by atoms with Crippen molar-refractivity contribution in [2.24, 2.45) is 0 Å². The number of aliphatic carboxylic acids is 1. The molecule has 0 saturated carbocycles. The molecule has 0 unspecified atom stereocenters. The van der Waals surface area contributed by atoms with Gasteiger partial charge in [0.2, 0.25) is 0 Å². The van der Waals surface area contributed by atoms with Gasteiger partial charge in [-0.2, -0.15) is 0 Å². The predicted molar refractivity (Wildman–Crippen MR) is 53.8 cm³/mol. The summed E-state index contributed by atoms with van der Waals surface area (Å²) in [5.74, 6) is -0.935. The molecule has 1 aliphatic heterocycles. The molecule has 1 saturated heterocycles. The molecular weight excluding hydrogens is 166 g/mol. The molecule has 0 atom stereocenters. The highest BCUT2D eigenvalue weighted by Crippen LogP contribution is 2.00. The SMILES string of the molecule is C1CCCNCC1.C=C(C)C(=O)O. The summed E-state index contributed by atoms with van der Waals surface area (Å²) in [4.78, 5) is 9.60. The molecule has 0 aromatic rings. The van der Waals surface area contributed by atoms with Crippen molar-refractivity contribution < 1.29 is 9.90 Å². The summed E-state index contributed by atoms with van der Waals surface area (Å²) >= 11 is 0. The quantitative estimate of drug-likeness (QED) is 0.612. The van der Waals surface area contributed by atoms with Crippen LogP contribution in [-0.4, -0.2) is 24.2 Å². The number of hydrogen-bond acceptors (Lipinski definition) is 2. The minimum Gasteiger partial charge on any atom is -0.478 e. The summed E-state index contributed by atoms with van der Waals surface area (Å²) in [7, 11) is 0. The Labute approximate surface area is 79.8 Å². The monoisotopic (exact) mass is 185 g/mol. The molecule has 0 radical (unpaired) electrons. The van der Waals surface area contributed by atoms with Crippen LogP contribution >= 0.6 is 0 Å². The zero-order chi connectivity index (χ0) is 10.1. The third kappa shape index (κ3) is 9.08. The lowest BCUT2D eigenvalue weighted by Gasteiger charge is -1.91. The van der Waals surface area contributed by atoms with Crippen molar-refractivity contribution in [3.8, 4) is 0 Å². The first kappa shape index (κ1) is 12.2. The summed E-state index contributed by atoms with van der Waals surface area (Å²) in [5.41, 5.74) is 0.176. The lowest BCUT2D eigenvalue weighted by Crippen LogP contribution is -2.12. The Morgan fingerprint density at radius 3 is 1.92 bits per heavy atom. The molecule has 13 heavy (non-hydrogen) atoms. The minimum absolute atomic E-state index is 0.176. The van der Waals surface area contributed by atoms with Crippen molar-refractivity contribution >= 4 is 5.97 Å². The molecule has 1 aliphatic rings. The van der Waals surface area contributed by atoms with Crippen LogP contribution in [0.3, 0.4) is 0 Å². The fourth-order valence-electron chi connectivity index (χ4n) is 0.979. The van der Waals surface area contributed by atoms with Crippen molar-refractivity contribution in [3.05, 3.63) is 12.2 Å². The highest BCUT2D eigenvalue weighted by Gasteiger charge is 1.94. The van der Waals surface area contributed by atoms with Gasteiger partial charge in [0.1, 0.15) is 0 Å². The summed E-state index contributed by atoms with van der Waals surface area (Å²) in [6.07, 6.45) is 5.65. The van der Waals surface area contributed by atoms with Crippen molar-refractivity contribution in [1.82, 2.24) is 5.32 Å². The number of nitrogens with one attached hydrogen (secondary N) is 1. The van der Waals surface area contributed by atoms with E-state index in [0.29, 0.717) is 0 Å². The van der Waals surface area contributed by atoms with Gasteiger partial charge in [0.05, 0.1) is 0 Å². The Balaban J connectivity index is 0.000000226. The lowest BCUT2D eigenvalue weighted by atomic mass is 10.2. The molecule has 0 aromatic heterocycles. The number of carboxylic acids is 1. The van der Waals surface area contributed by atoms with Crippen LogP contribution in [0.5, 0.6) is 0 Å².